The van der Waals surface area contributed by atoms with Crippen molar-refractivity contribution in [3.05, 3.63) is 54.0 Å². The molecule has 0 aliphatic rings. The minimum Gasteiger partial charge on any atom is -0.468 e. The monoisotopic (exact) mass is 261 g/mol. The molecule has 0 spiro atoms. The number of hydrogen-bond donors (Lipinski definition) is 1. The van der Waals surface area contributed by atoms with Crippen molar-refractivity contribution < 1.29 is 4.42 Å². The summed E-state index contributed by atoms with van der Waals surface area (Å²) in [5.41, 5.74) is 1.35. The molecule has 0 saturated heterocycles. The van der Waals surface area contributed by atoms with Crippen molar-refractivity contribution in [2.24, 2.45) is 0 Å². The molecule has 0 atom stereocenters. The van der Waals surface area contributed by atoms with E-state index < -0.39 is 0 Å². The molecule has 0 amide bonds. The van der Waals surface area contributed by atoms with Crippen molar-refractivity contribution in [1.29, 1.82) is 0 Å². The standard InChI is InChI=1S/C15H19NOS/c1-12(2)16-10-13-6-3-4-8-15(13)18-11-14-7-5-9-17-14/h3-9,12,16H,10-11H2,1-2H3. The predicted octanol–water partition coefficient (Wildman–Crippen LogP) is 4.07. The lowest BCUT2D eigenvalue weighted by Gasteiger charge is -2.11. The maximum atomic E-state index is 5.36. The molecule has 18 heavy (non-hydrogen) atoms. The molecule has 0 unspecified atom stereocenters. The first-order chi connectivity index (χ1) is 8.75. The number of benzene rings is 1. The van der Waals surface area contributed by atoms with Crippen LogP contribution in [-0.4, -0.2) is 6.04 Å². The van der Waals surface area contributed by atoms with Gasteiger partial charge in [0.25, 0.3) is 0 Å². The highest BCUT2D eigenvalue weighted by Gasteiger charge is 2.04. The first kappa shape index (κ1) is 13.2. The van der Waals surface area contributed by atoms with Crippen LogP contribution in [0, 0.1) is 0 Å². The third kappa shape index (κ3) is 3.93. The Morgan fingerprint density at radius 3 is 2.72 bits per heavy atom. The fourth-order valence-electron chi connectivity index (χ4n) is 1.65. The summed E-state index contributed by atoms with van der Waals surface area (Å²) in [5, 5.41) is 3.46. The highest BCUT2D eigenvalue weighted by molar-refractivity contribution is 7.98. The molecule has 0 fully saturated rings. The van der Waals surface area contributed by atoms with Gasteiger partial charge in [-0.1, -0.05) is 32.0 Å². The summed E-state index contributed by atoms with van der Waals surface area (Å²) >= 11 is 1.82. The molecular formula is C15H19NOS. The van der Waals surface area contributed by atoms with Crippen LogP contribution < -0.4 is 5.32 Å². The van der Waals surface area contributed by atoms with Gasteiger partial charge in [0.05, 0.1) is 12.0 Å². The summed E-state index contributed by atoms with van der Waals surface area (Å²) in [6, 6.07) is 13.0. The van der Waals surface area contributed by atoms with Gasteiger partial charge in [-0.25, -0.2) is 0 Å². The zero-order chi connectivity index (χ0) is 12.8. The third-order valence-corrected chi connectivity index (χ3v) is 3.76. The molecule has 0 saturated carbocycles. The van der Waals surface area contributed by atoms with Gasteiger partial charge in [0.15, 0.2) is 0 Å². The maximum Gasteiger partial charge on any atom is 0.113 e. The number of thioether (sulfide) groups is 1. The number of furan rings is 1. The van der Waals surface area contributed by atoms with E-state index in [0.29, 0.717) is 6.04 Å². The van der Waals surface area contributed by atoms with Crippen LogP contribution >= 0.6 is 11.8 Å². The van der Waals surface area contributed by atoms with E-state index in [1.165, 1.54) is 10.5 Å². The Balaban J connectivity index is 1.98. The lowest BCUT2D eigenvalue weighted by Crippen LogP contribution is -2.22. The Morgan fingerprint density at radius 2 is 2.00 bits per heavy atom. The summed E-state index contributed by atoms with van der Waals surface area (Å²) in [7, 11) is 0. The van der Waals surface area contributed by atoms with Crippen molar-refractivity contribution in [2.75, 3.05) is 0 Å². The van der Waals surface area contributed by atoms with Crippen molar-refractivity contribution >= 4 is 11.8 Å². The van der Waals surface area contributed by atoms with Gasteiger partial charge < -0.3 is 9.73 Å². The lowest BCUT2D eigenvalue weighted by atomic mass is 10.2. The summed E-state index contributed by atoms with van der Waals surface area (Å²) in [5.74, 6) is 1.90. The highest BCUT2D eigenvalue weighted by atomic mass is 32.2. The van der Waals surface area contributed by atoms with Gasteiger partial charge in [-0.15, -0.1) is 11.8 Å². The van der Waals surface area contributed by atoms with E-state index in [-0.39, 0.29) is 0 Å². The molecule has 1 heterocycles. The maximum absolute atomic E-state index is 5.36. The molecular weight excluding hydrogens is 242 g/mol. The fourth-order valence-corrected chi connectivity index (χ4v) is 2.61. The Kier molecular flexibility index (Phi) is 4.90. The van der Waals surface area contributed by atoms with E-state index in [1.807, 2.05) is 23.9 Å². The van der Waals surface area contributed by atoms with Gasteiger partial charge in [0, 0.05) is 17.5 Å². The summed E-state index contributed by atoms with van der Waals surface area (Å²) in [6.07, 6.45) is 1.72. The Labute approximate surface area is 113 Å². The normalized spacial score (nSPS) is 11.1. The number of rotatable bonds is 6. The zero-order valence-electron chi connectivity index (χ0n) is 10.8. The van der Waals surface area contributed by atoms with Crippen LogP contribution in [0.4, 0.5) is 0 Å². The van der Waals surface area contributed by atoms with Crippen LogP contribution in [0.3, 0.4) is 0 Å². The lowest BCUT2D eigenvalue weighted by molar-refractivity contribution is 0.530. The van der Waals surface area contributed by atoms with E-state index in [4.69, 9.17) is 4.42 Å². The van der Waals surface area contributed by atoms with Crippen molar-refractivity contribution in [1.82, 2.24) is 5.32 Å². The van der Waals surface area contributed by atoms with E-state index in [0.717, 1.165) is 18.1 Å². The van der Waals surface area contributed by atoms with Crippen LogP contribution in [0.1, 0.15) is 25.2 Å². The van der Waals surface area contributed by atoms with Gasteiger partial charge in [0.1, 0.15) is 5.76 Å². The molecule has 0 aliphatic carbocycles. The minimum atomic E-state index is 0.508. The molecule has 2 aromatic rings. The van der Waals surface area contributed by atoms with Gasteiger partial charge in [0.2, 0.25) is 0 Å². The molecule has 1 N–H and O–H groups in total. The summed E-state index contributed by atoms with van der Waals surface area (Å²) < 4.78 is 5.36. The second-order valence-corrected chi connectivity index (χ2v) is 5.53. The topological polar surface area (TPSA) is 25.2 Å². The average molecular weight is 261 g/mol. The molecule has 1 aromatic carbocycles. The number of hydrogen-bond acceptors (Lipinski definition) is 3. The first-order valence-corrected chi connectivity index (χ1v) is 7.20. The quantitative estimate of drug-likeness (QED) is 0.794. The largest absolute Gasteiger partial charge is 0.468 e. The first-order valence-electron chi connectivity index (χ1n) is 6.22. The van der Waals surface area contributed by atoms with Crippen molar-refractivity contribution in [3.8, 4) is 0 Å². The summed E-state index contributed by atoms with van der Waals surface area (Å²) in [6.45, 7) is 5.25. The third-order valence-electron chi connectivity index (χ3n) is 2.62. The molecule has 0 bridgehead atoms. The molecule has 2 nitrogen and oxygen atoms in total. The molecule has 2 rings (SSSR count). The van der Waals surface area contributed by atoms with Gasteiger partial charge in [-0.05, 0) is 23.8 Å². The smallest absolute Gasteiger partial charge is 0.113 e. The number of nitrogens with one attached hydrogen (secondary N) is 1. The molecule has 1 aromatic heterocycles. The van der Waals surface area contributed by atoms with E-state index in [1.54, 1.807) is 6.26 Å². The van der Waals surface area contributed by atoms with Crippen molar-refractivity contribution in [2.45, 2.75) is 37.1 Å². The Hall–Kier alpha value is -1.19. The second kappa shape index (κ2) is 6.66. The van der Waals surface area contributed by atoms with Crippen LogP contribution in [0.2, 0.25) is 0 Å². The van der Waals surface area contributed by atoms with Crippen LogP contribution in [0.15, 0.2) is 52.0 Å². The van der Waals surface area contributed by atoms with E-state index in [2.05, 4.69) is 43.4 Å². The zero-order valence-corrected chi connectivity index (χ0v) is 11.7. The molecule has 3 heteroatoms. The predicted molar refractivity (Wildman–Crippen MR) is 76.7 cm³/mol. The van der Waals surface area contributed by atoms with Crippen LogP contribution in [-0.2, 0) is 12.3 Å². The fraction of sp³-hybridized carbons (Fsp3) is 0.333. The minimum absolute atomic E-state index is 0.508. The van der Waals surface area contributed by atoms with Crippen molar-refractivity contribution in [3.63, 3.8) is 0 Å². The SMILES string of the molecule is CC(C)NCc1ccccc1SCc1ccco1. The van der Waals surface area contributed by atoms with Gasteiger partial charge in [-0.3, -0.25) is 0 Å². The second-order valence-electron chi connectivity index (χ2n) is 4.51. The highest BCUT2D eigenvalue weighted by Crippen LogP contribution is 2.26. The van der Waals surface area contributed by atoms with Gasteiger partial charge in [-0.2, -0.15) is 0 Å². The Bertz CT molecular complexity index is 465. The molecule has 96 valence electrons. The van der Waals surface area contributed by atoms with Crippen LogP contribution in [0.25, 0.3) is 0 Å². The summed E-state index contributed by atoms with van der Waals surface area (Å²) in [4.78, 5) is 1.32. The van der Waals surface area contributed by atoms with E-state index in [9.17, 15) is 0 Å². The van der Waals surface area contributed by atoms with Crippen LogP contribution in [0.5, 0.6) is 0 Å². The molecule has 0 radical (unpaired) electrons. The molecule has 0 aliphatic heterocycles. The Morgan fingerprint density at radius 1 is 1.17 bits per heavy atom. The van der Waals surface area contributed by atoms with Gasteiger partial charge >= 0.3 is 0 Å². The average Bonchev–Trinajstić information content (AvgIpc) is 2.88. The van der Waals surface area contributed by atoms with E-state index >= 15 is 0 Å².